The quantitative estimate of drug-likeness (QED) is 0.301. The van der Waals surface area contributed by atoms with Gasteiger partial charge in [-0.25, -0.2) is 14.8 Å². The van der Waals surface area contributed by atoms with Crippen molar-refractivity contribution < 1.29 is 18.7 Å². The number of ether oxygens (including phenoxy) is 1. The second-order valence-corrected chi connectivity index (χ2v) is 7.19. The molecule has 0 fully saturated rings. The number of rotatable bonds is 5. The molecule has 2 heterocycles. The molecule has 1 amide bonds. The molecule has 2 aromatic carbocycles. The van der Waals surface area contributed by atoms with Crippen LogP contribution in [0.25, 0.3) is 22.1 Å². The third kappa shape index (κ3) is 3.79. The van der Waals surface area contributed by atoms with Gasteiger partial charge in [0.15, 0.2) is 5.58 Å². The van der Waals surface area contributed by atoms with Gasteiger partial charge in [0.2, 0.25) is 5.91 Å². The summed E-state index contributed by atoms with van der Waals surface area (Å²) < 4.78 is 10.7. The summed E-state index contributed by atoms with van der Waals surface area (Å²) in [7, 11) is 1.30. The zero-order valence-corrected chi connectivity index (χ0v) is 16.6. The average Bonchev–Trinajstić information content (AvgIpc) is 3.10. The van der Waals surface area contributed by atoms with Crippen LogP contribution in [0.1, 0.15) is 16.2 Å². The van der Waals surface area contributed by atoms with Crippen molar-refractivity contribution in [3.8, 4) is 0 Å². The summed E-state index contributed by atoms with van der Waals surface area (Å²) in [4.78, 5) is 33.3. The molecule has 0 aliphatic carbocycles. The van der Waals surface area contributed by atoms with E-state index >= 15 is 0 Å². The summed E-state index contributed by atoms with van der Waals surface area (Å²) in [6.07, 6.45) is 0. The Labute approximate surface area is 170 Å². The lowest BCUT2D eigenvalue weighted by Gasteiger charge is -2.09. The number of methoxy groups -OCH3 is 1. The van der Waals surface area contributed by atoms with Crippen LogP contribution in [0.15, 0.2) is 58.0 Å². The predicted molar refractivity (Wildman–Crippen MR) is 111 cm³/mol. The fourth-order valence-corrected chi connectivity index (χ4v) is 3.78. The number of fused-ring (bicyclic) bond motifs is 3. The standard InChI is InChI=1S/C21H17N3O4S/c1-12-22-18-14-8-4-6-10-16(14)28-19(18)20(23-12)29-11-17(25)24-15-9-5-3-7-13(15)21(26)27-2/h3-10H,11H2,1-2H3,(H,24,25). The highest BCUT2D eigenvalue weighted by atomic mass is 32.2. The molecule has 0 bridgehead atoms. The number of amides is 1. The van der Waals surface area contributed by atoms with E-state index < -0.39 is 5.97 Å². The lowest BCUT2D eigenvalue weighted by molar-refractivity contribution is -0.113. The van der Waals surface area contributed by atoms with Gasteiger partial charge in [0.1, 0.15) is 22.0 Å². The number of hydrogen-bond acceptors (Lipinski definition) is 7. The van der Waals surface area contributed by atoms with Crippen LogP contribution >= 0.6 is 11.8 Å². The monoisotopic (exact) mass is 407 g/mol. The molecule has 0 spiro atoms. The zero-order chi connectivity index (χ0) is 20.4. The van der Waals surface area contributed by atoms with Gasteiger partial charge in [-0.1, -0.05) is 36.0 Å². The Morgan fingerprint density at radius 1 is 1.10 bits per heavy atom. The number of furan rings is 1. The van der Waals surface area contributed by atoms with E-state index in [2.05, 4.69) is 15.3 Å². The van der Waals surface area contributed by atoms with Gasteiger partial charge >= 0.3 is 5.97 Å². The van der Waals surface area contributed by atoms with Crippen LogP contribution in [-0.2, 0) is 9.53 Å². The first-order valence-electron chi connectivity index (χ1n) is 8.82. The summed E-state index contributed by atoms with van der Waals surface area (Å²) in [5.41, 5.74) is 2.71. The van der Waals surface area contributed by atoms with Crippen molar-refractivity contribution in [2.24, 2.45) is 0 Å². The summed E-state index contributed by atoms with van der Waals surface area (Å²) in [6.45, 7) is 1.80. The van der Waals surface area contributed by atoms with Crippen molar-refractivity contribution in [3.63, 3.8) is 0 Å². The van der Waals surface area contributed by atoms with Gasteiger partial charge in [0, 0.05) is 5.39 Å². The van der Waals surface area contributed by atoms with Gasteiger partial charge in [-0.2, -0.15) is 0 Å². The second kappa shape index (κ2) is 7.92. The maximum atomic E-state index is 12.5. The molecule has 7 nitrogen and oxygen atoms in total. The Morgan fingerprint density at radius 2 is 1.86 bits per heavy atom. The maximum Gasteiger partial charge on any atom is 0.339 e. The number of nitrogens with one attached hydrogen (secondary N) is 1. The molecule has 0 atom stereocenters. The molecule has 0 radical (unpaired) electrons. The van der Waals surface area contributed by atoms with E-state index in [4.69, 9.17) is 9.15 Å². The van der Waals surface area contributed by atoms with Crippen LogP contribution in [0.4, 0.5) is 5.69 Å². The molecule has 0 aliphatic heterocycles. The van der Waals surface area contributed by atoms with Gasteiger partial charge in [-0.15, -0.1) is 0 Å². The number of nitrogens with zero attached hydrogens (tertiary/aromatic N) is 2. The molecule has 8 heteroatoms. The number of para-hydroxylation sites is 2. The molecule has 4 aromatic rings. The number of aryl methyl sites for hydroxylation is 1. The van der Waals surface area contributed by atoms with Crippen LogP contribution in [0, 0.1) is 6.92 Å². The van der Waals surface area contributed by atoms with Crippen molar-refractivity contribution in [2.45, 2.75) is 11.9 Å². The maximum absolute atomic E-state index is 12.5. The topological polar surface area (TPSA) is 94.3 Å². The lowest BCUT2D eigenvalue weighted by atomic mass is 10.2. The Morgan fingerprint density at radius 3 is 2.69 bits per heavy atom. The fraction of sp³-hybridized carbons (Fsp3) is 0.143. The smallest absolute Gasteiger partial charge is 0.339 e. The minimum Gasteiger partial charge on any atom is -0.465 e. The predicted octanol–water partition coefficient (Wildman–Crippen LogP) is 4.20. The molecular formula is C21H17N3O4S. The zero-order valence-electron chi connectivity index (χ0n) is 15.8. The number of esters is 1. The normalized spacial score (nSPS) is 11.0. The third-order valence-electron chi connectivity index (χ3n) is 4.25. The lowest BCUT2D eigenvalue weighted by Crippen LogP contribution is -2.17. The molecule has 2 aromatic heterocycles. The van der Waals surface area contributed by atoms with Crippen molar-refractivity contribution in [1.82, 2.24) is 9.97 Å². The number of hydrogen-bond donors (Lipinski definition) is 1. The van der Waals surface area contributed by atoms with E-state index in [1.807, 2.05) is 24.3 Å². The number of anilines is 1. The first-order chi connectivity index (χ1) is 14.1. The van der Waals surface area contributed by atoms with Crippen LogP contribution in [0.3, 0.4) is 0 Å². The van der Waals surface area contributed by atoms with Crippen molar-refractivity contribution in [3.05, 3.63) is 59.9 Å². The van der Waals surface area contributed by atoms with E-state index in [1.54, 1.807) is 31.2 Å². The van der Waals surface area contributed by atoms with Gasteiger partial charge in [-0.3, -0.25) is 4.79 Å². The van der Waals surface area contributed by atoms with Gasteiger partial charge in [-0.05, 0) is 31.2 Å². The van der Waals surface area contributed by atoms with E-state index in [0.717, 1.165) is 16.5 Å². The minimum atomic E-state index is -0.510. The summed E-state index contributed by atoms with van der Waals surface area (Å²) in [5.74, 6) is -0.0863. The molecular weight excluding hydrogens is 390 g/mol. The summed E-state index contributed by atoms with van der Waals surface area (Å²) in [6, 6.07) is 14.3. The summed E-state index contributed by atoms with van der Waals surface area (Å²) >= 11 is 1.25. The number of thioether (sulfide) groups is 1. The Kier molecular flexibility index (Phi) is 5.18. The van der Waals surface area contributed by atoms with Gasteiger partial charge in [0.05, 0.1) is 24.1 Å². The average molecular weight is 407 g/mol. The van der Waals surface area contributed by atoms with Gasteiger partial charge in [0.25, 0.3) is 0 Å². The molecule has 29 heavy (non-hydrogen) atoms. The highest BCUT2D eigenvalue weighted by Crippen LogP contribution is 2.33. The molecule has 0 saturated carbocycles. The van der Waals surface area contributed by atoms with Crippen LogP contribution < -0.4 is 5.32 Å². The number of carbonyl (C=O) groups excluding carboxylic acids is 2. The van der Waals surface area contributed by atoms with Crippen molar-refractivity contribution in [1.29, 1.82) is 0 Å². The summed E-state index contributed by atoms with van der Waals surface area (Å²) in [5, 5.41) is 4.26. The number of carbonyl (C=O) groups is 2. The number of aromatic nitrogens is 2. The molecule has 0 unspecified atom stereocenters. The van der Waals surface area contributed by atoms with E-state index in [9.17, 15) is 9.59 Å². The molecule has 0 aliphatic rings. The fourth-order valence-electron chi connectivity index (χ4n) is 2.97. The first-order valence-corrected chi connectivity index (χ1v) is 9.81. The Balaban J connectivity index is 1.56. The van der Waals surface area contributed by atoms with Crippen LogP contribution in [0.5, 0.6) is 0 Å². The van der Waals surface area contributed by atoms with E-state index in [-0.39, 0.29) is 11.7 Å². The van der Waals surface area contributed by atoms with E-state index in [1.165, 1.54) is 18.9 Å². The largest absolute Gasteiger partial charge is 0.465 e. The van der Waals surface area contributed by atoms with Crippen molar-refractivity contribution >= 4 is 51.4 Å². The molecule has 146 valence electrons. The number of benzene rings is 2. The second-order valence-electron chi connectivity index (χ2n) is 6.23. The minimum absolute atomic E-state index is 0.0953. The van der Waals surface area contributed by atoms with Crippen LogP contribution in [0.2, 0.25) is 0 Å². The third-order valence-corrected chi connectivity index (χ3v) is 5.20. The first kappa shape index (κ1) is 18.9. The Hall–Kier alpha value is -3.39. The molecule has 4 rings (SSSR count). The van der Waals surface area contributed by atoms with Crippen LogP contribution in [-0.4, -0.2) is 34.7 Å². The molecule has 0 saturated heterocycles. The highest BCUT2D eigenvalue weighted by molar-refractivity contribution is 8.00. The highest BCUT2D eigenvalue weighted by Gasteiger charge is 2.17. The van der Waals surface area contributed by atoms with Gasteiger partial charge < -0.3 is 14.5 Å². The SMILES string of the molecule is COC(=O)c1ccccc1NC(=O)CSc1nc(C)nc2c1oc1ccccc12. The van der Waals surface area contributed by atoms with E-state index in [0.29, 0.717) is 27.7 Å². The molecule has 1 N–H and O–H groups in total. The Bertz CT molecular complexity index is 1240. The van der Waals surface area contributed by atoms with Crippen molar-refractivity contribution in [2.75, 3.05) is 18.2 Å².